The molecule has 0 bridgehead atoms. The van der Waals surface area contributed by atoms with E-state index in [2.05, 4.69) is 15.7 Å². The number of carbonyl (C=O) groups is 3. The number of nitriles is 1. The molecule has 0 aliphatic carbocycles. The first-order valence-corrected chi connectivity index (χ1v) is 9.32. The van der Waals surface area contributed by atoms with Gasteiger partial charge in [0, 0.05) is 13.5 Å². The fourth-order valence-corrected chi connectivity index (χ4v) is 2.68. The summed E-state index contributed by atoms with van der Waals surface area (Å²) in [6.45, 7) is 1.24. The lowest BCUT2D eigenvalue weighted by molar-refractivity contribution is -0.119. The predicted octanol–water partition coefficient (Wildman–Crippen LogP) is 2.18. The number of amides is 2. The number of rotatable bonds is 7. The minimum Gasteiger partial charge on any atom is -0.452 e. The number of aromatic nitrogens is 2. The first-order chi connectivity index (χ1) is 15.0. The Morgan fingerprint density at radius 1 is 1.10 bits per heavy atom. The summed E-state index contributed by atoms with van der Waals surface area (Å²) in [5.41, 5.74) is 1.93. The molecule has 3 aromatic rings. The zero-order valence-corrected chi connectivity index (χ0v) is 16.7. The largest absolute Gasteiger partial charge is 0.452 e. The van der Waals surface area contributed by atoms with E-state index in [9.17, 15) is 19.6 Å². The molecule has 2 amide bonds. The highest BCUT2D eigenvalue weighted by molar-refractivity contribution is 5.95. The lowest BCUT2D eigenvalue weighted by Crippen LogP contribution is -2.23. The molecule has 0 saturated carbocycles. The first kappa shape index (κ1) is 21.3. The van der Waals surface area contributed by atoms with Gasteiger partial charge in [-0.2, -0.15) is 10.4 Å². The average molecular weight is 417 g/mol. The minimum atomic E-state index is -0.668. The van der Waals surface area contributed by atoms with Gasteiger partial charge in [-0.3, -0.25) is 9.59 Å². The maximum absolute atomic E-state index is 12.3. The van der Waals surface area contributed by atoms with Gasteiger partial charge in [-0.15, -0.1) is 0 Å². The Labute approximate surface area is 178 Å². The van der Waals surface area contributed by atoms with Crippen molar-refractivity contribution in [3.8, 4) is 11.8 Å². The van der Waals surface area contributed by atoms with Crippen LogP contribution in [0.3, 0.4) is 0 Å². The molecule has 0 aliphatic heterocycles. The Hall–Kier alpha value is -4.45. The number of hydrogen-bond acceptors (Lipinski definition) is 6. The Bertz CT molecular complexity index is 1130. The highest BCUT2D eigenvalue weighted by Gasteiger charge is 2.16. The summed E-state index contributed by atoms with van der Waals surface area (Å²) >= 11 is 0. The van der Waals surface area contributed by atoms with E-state index in [1.807, 2.05) is 12.1 Å². The summed E-state index contributed by atoms with van der Waals surface area (Å²) in [5.74, 6) is -1.23. The van der Waals surface area contributed by atoms with Crippen molar-refractivity contribution in [2.45, 2.75) is 13.5 Å². The third-order valence-electron chi connectivity index (χ3n) is 4.21. The second kappa shape index (κ2) is 9.84. The topological polar surface area (TPSA) is 126 Å². The Balaban J connectivity index is 1.61. The van der Waals surface area contributed by atoms with Crippen molar-refractivity contribution < 1.29 is 19.1 Å². The SMILES string of the molecule is CC(=O)NCc1ccc(C(=O)OCC(=O)Nc2c(C#N)cnn2-c2ccccc2)cc1. The Morgan fingerprint density at radius 2 is 1.81 bits per heavy atom. The molecule has 2 aromatic carbocycles. The van der Waals surface area contributed by atoms with Crippen LogP contribution in [0.15, 0.2) is 60.8 Å². The molecule has 9 heteroatoms. The van der Waals surface area contributed by atoms with Gasteiger partial charge in [-0.1, -0.05) is 30.3 Å². The van der Waals surface area contributed by atoms with Gasteiger partial charge in [-0.05, 0) is 29.8 Å². The van der Waals surface area contributed by atoms with Crippen LogP contribution in [0.25, 0.3) is 5.69 Å². The van der Waals surface area contributed by atoms with Crippen molar-refractivity contribution in [1.82, 2.24) is 15.1 Å². The Kier molecular flexibility index (Phi) is 6.75. The maximum Gasteiger partial charge on any atom is 0.338 e. The highest BCUT2D eigenvalue weighted by atomic mass is 16.5. The molecule has 1 heterocycles. The molecule has 0 unspecified atom stereocenters. The number of benzene rings is 2. The van der Waals surface area contributed by atoms with Gasteiger partial charge in [0.1, 0.15) is 11.6 Å². The Morgan fingerprint density at radius 3 is 2.45 bits per heavy atom. The standard InChI is InChI=1S/C22H19N5O4/c1-15(28)24-12-16-7-9-17(10-8-16)22(30)31-14-20(29)26-21-18(11-23)13-25-27(21)19-5-3-2-4-6-19/h2-10,13H,12,14H2,1H3,(H,24,28)(H,26,29). The van der Waals surface area contributed by atoms with Crippen LogP contribution < -0.4 is 10.6 Å². The van der Waals surface area contributed by atoms with Gasteiger partial charge in [0.2, 0.25) is 5.91 Å². The van der Waals surface area contributed by atoms with Crippen molar-refractivity contribution in [2.75, 3.05) is 11.9 Å². The molecular weight excluding hydrogens is 398 g/mol. The third kappa shape index (κ3) is 5.55. The van der Waals surface area contributed by atoms with Crippen LogP contribution in [0.2, 0.25) is 0 Å². The summed E-state index contributed by atoms with van der Waals surface area (Å²) in [5, 5.41) is 18.7. The lowest BCUT2D eigenvalue weighted by Gasteiger charge is -2.10. The zero-order chi connectivity index (χ0) is 22.2. The van der Waals surface area contributed by atoms with Crippen molar-refractivity contribution in [3.63, 3.8) is 0 Å². The van der Waals surface area contributed by atoms with E-state index in [1.54, 1.807) is 48.5 Å². The van der Waals surface area contributed by atoms with Crippen LogP contribution in [0.4, 0.5) is 5.82 Å². The predicted molar refractivity (Wildman–Crippen MR) is 111 cm³/mol. The molecule has 31 heavy (non-hydrogen) atoms. The highest BCUT2D eigenvalue weighted by Crippen LogP contribution is 2.19. The van der Waals surface area contributed by atoms with Gasteiger partial charge in [-0.25, -0.2) is 9.48 Å². The molecule has 0 fully saturated rings. The van der Waals surface area contributed by atoms with Crippen LogP contribution in [-0.4, -0.2) is 34.2 Å². The molecule has 0 atom stereocenters. The van der Waals surface area contributed by atoms with E-state index in [-0.39, 0.29) is 22.9 Å². The van der Waals surface area contributed by atoms with E-state index in [0.717, 1.165) is 5.56 Å². The fraction of sp³-hybridized carbons (Fsp3) is 0.136. The van der Waals surface area contributed by atoms with Gasteiger partial charge in [0.15, 0.2) is 12.4 Å². The van der Waals surface area contributed by atoms with Gasteiger partial charge >= 0.3 is 5.97 Å². The van der Waals surface area contributed by atoms with Crippen molar-refractivity contribution in [2.24, 2.45) is 0 Å². The molecule has 0 saturated heterocycles. The normalized spacial score (nSPS) is 10.1. The van der Waals surface area contributed by atoms with E-state index in [0.29, 0.717) is 12.2 Å². The van der Waals surface area contributed by atoms with Gasteiger partial charge in [0.05, 0.1) is 17.4 Å². The summed E-state index contributed by atoms with van der Waals surface area (Å²) in [4.78, 5) is 35.5. The number of esters is 1. The number of ether oxygens (including phenoxy) is 1. The fourth-order valence-electron chi connectivity index (χ4n) is 2.68. The molecule has 0 spiro atoms. The van der Waals surface area contributed by atoms with E-state index >= 15 is 0 Å². The van der Waals surface area contributed by atoms with Crippen molar-refractivity contribution in [1.29, 1.82) is 5.26 Å². The molecule has 0 radical (unpaired) electrons. The zero-order valence-electron chi connectivity index (χ0n) is 16.7. The van der Waals surface area contributed by atoms with Crippen molar-refractivity contribution in [3.05, 3.63) is 77.5 Å². The summed E-state index contributed by atoms with van der Waals surface area (Å²) in [7, 11) is 0. The quantitative estimate of drug-likeness (QED) is 0.568. The number of hydrogen-bond donors (Lipinski definition) is 2. The number of anilines is 1. The summed E-state index contributed by atoms with van der Waals surface area (Å²) in [6.07, 6.45) is 1.34. The van der Waals surface area contributed by atoms with Gasteiger partial charge in [0.25, 0.3) is 5.91 Å². The molecular formula is C22H19N5O4. The van der Waals surface area contributed by atoms with Crippen LogP contribution in [0.1, 0.15) is 28.4 Å². The molecule has 3 rings (SSSR count). The average Bonchev–Trinajstić information content (AvgIpc) is 3.19. The van der Waals surface area contributed by atoms with Crippen LogP contribution in [0, 0.1) is 11.3 Å². The third-order valence-corrected chi connectivity index (χ3v) is 4.21. The lowest BCUT2D eigenvalue weighted by atomic mass is 10.1. The smallest absolute Gasteiger partial charge is 0.338 e. The van der Waals surface area contributed by atoms with Crippen LogP contribution in [-0.2, 0) is 20.9 Å². The summed E-state index contributed by atoms with van der Waals surface area (Å²) in [6, 6.07) is 17.4. The molecule has 2 N–H and O–H groups in total. The van der Waals surface area contributed by atoms with Gasteiger partial charge < -0.3 is 15.4 Å². The van der Waals surface area contributed by atoms with Crippen LogP contribution >= 0.6 is 0 Å². The molecule has 9 nitrogen and oxygen atoms in total. The van der Waals surface area contributed by atoms with E-state index in [4.69, 9.17) is 4.74 Å². The number of nitrogens with zero attached hydrogens (tertiary/aromatic N) is 3. The van der Waals surface area contributed by atoms with E-state index < -0.39 is 18.5 Å². The number of para-hydroxylation sites is 1. The van der Waals surface area contributed by atoms with Crippen LogP contribution in [0.5, 0.6) is 0 Å². The van der Waals surface area contributed by atoms with E-state index in [1.165, 1.54) is 17.8 Å². The maximum atomic E-state index is 12.3. The van der Waals surface area contributed by atoms with Crippen molar-refractivity contribution >= 4 is 23.6 Å². The summed E-state index contributed by atoms with van der Waals surface area (Å²) < 4.78 is 6.49. The molecule has 0 aliphatic rings. The second-order valence-electron chi connectivity index (χ2n) is 6.50. The number of carbonyl (C=O) groups excluding carboxylic acids is 3. The monoisotopic (exact) mass is 417 g/mol. The second-order valence-corrected chi connectivity index (χ2v) is 6.50. The minimum absolute atomic E-state index is 0.150. The molecule has 1 aromatic heterocycles. The first-order valence-electron chi connectivity index (χ1n) is 9.32. The number of nitrogens with one attached hydrogen (secondary N) is 2. The molecule has 156 valence electrons.